The fourth-order valence-corrected chi connectivity index (χ4v) is 7.00. The third-order valence-corrected chi connectivity index (χ3v) is 10.1. The van der Waals surface area contributed by atoms with Crippen molar-refractivity contribution < 1.29 is 26.7 Å². The van der Waals surface area contributed by atoms with Crippen LogP contribution in [0.15, 0.2) is 108 Å². The van der Waals surface area contributed by atoms with Crippen LogP contribution in [0.3, 0.4) is 0 Å². The molecule has 2 atom stereocenters. The van der Waals surface area contributed by atoms with Crippen LogP contribution in [0.2, 0.25) is 5.02 Å². The van der Waals surface area contributed by atoms with Crippen molar-refractivity contribution in [1.82, 2.24) is 15.3 Å². The third kappa shape index (κ3) is 7.07. The van der Waals surface area contributed by atoms with E-state index in [0.29, 0.717) is 45.2 Å². The minimum atomic E-state index is -3.51. The average molecular weight is 677 g/mol. The molecule has 5 aromatic rings. The molecule has 242 valence electrons. The standard InChI is InChI=1S/C35H31ClF2N4O4S/c1-23(39-14-16-47(43,44)27-9-3-2-4-10-27)35(13-6-15-46-35)29-19-28-32(20-31(29)38)40-22-41-34(28)42-26-11-12-33(30(36)18-26)45-21-24-7-5-8-25(37)17-24/h2-12,15,17-20,22-23,39H,13-14,16,21H2,1H3,(H,40,41,42). The average Bonchev–Trinajstić information content (AvgIpc) is 3.56. The van der Waals surface area contributed by atoms with Gasteiger partial charge in [-0.25, -0.2) is 27.2 Å². The molecule has 12 heteroatoms. The predicted octanol–water partition coefficient (Wildman–Crippen LogP) is 7.47. The van der Waals surface area contributed by atoms with E-state index in [-0.39, 0.29) is 35.2 Å². The molecule has 0 fully saturated rings. The number of fused-ring (bicyclic) bond motifs is 1. The maximum Gasteiger partial charge on any atom is 0.179 e. The number of rotatable bonds is 12. The normalized spacial score (nSPS) is 16.6. The molecule has 0 saturated heterocycles. The van der Waals surface area contributed by atoms with E-state index < -0.39 is 27.3 Å². The number of hydrogen-bond donors (Lipinski definition) is 2. The number of hydrogen-bond acceptors (Lipinski definition) is 8. The van der Waals surface area contributed by atoms with Crippen molar-refractivity contribution in [2.45, 2.75) is 36.5 Å². The monoisotopic (exact) mass is 676 g/mol. The maximum absolute atomic E-state index is 15.8. The Labute approximate surface area is 276 Å². The van der Waals surface area contributed by atoms with Crippen LogP contribution in [-0.4, -0.2) is 36.7 Å². The number of aromatic nitrogens is 2. The first kappa shape index (κ1) is 32.4. The van der Waals surface area contributed by atoms with Crippen molar-refractivity contribution in [2.75, 3.05) is 17.6 Å². The molecule has 1 aliphatic rings. The van der Waals surface area contributed by atoms with E-state index in [1.165, 1.54) is 30.8 Å². The number of ether oxygens (including phenoxy) is 2. The largest absolute Gasteiger partial charge is 0.488 e. The Morgan fingerprint density at radius 1 is 1.02 bits per heavy atom. The van der Waals surface area contributed by atoms with Crippen LogP contribution < -0.4 is 15.4 Å². The van der Waals surface area contributed by atoms with Gasteiger partial charge in [-0.2, -0.15) is 0 Å². The van der Waals surface area contributed by atoms with E-state index in [4.69, 9.17) is 21.1 Å². The maximum atomic E-state index is 15.8. The zero-order valence-electron chi connectivity index (χ0n) is 25.3. The predicted molar refractivity (Wildman–Crippen MR) is 177 cm³/mol. The summed E-state index contributed by atoms with van der Waals surface area (Å²) in [5.41, 5.74) is 0.770. The van der Waals surface area contributed by atoms with Gasteiger partial charge < -0.3 is 20.1 Å². The first-order valence-corrected chi connectivity index (χ1v) is 16.9. The van der Waals surface area contributed by atoms with Crippen LogP contribution >= 0.6 is 11.6 Å². The van der Waals surface area contributed by atoms with Crippen LogP contribution in [0.5, 0.6) is 5.75 Å². The van der Waals surface area contributed by atoms with Crippen molar-refractivity contribution in [1.29, 1.82) is 0 Å². The number of benzene rings is 4. The van der Waals surface area contributed by atoms with Gasteiger partial charge >= 0.3 is 0 Å². The molecule has 2 unspecified atom stereocenters. The van der Waals surface area contributed by atoms with Gasteiger partial charge in [-0.3, -0.25) is 0 Å². The van der Waals surface area contributed by atoms with Crippen LogP contribution in [0.25, 0.3) is 10.9 Å². The molecular weight excluding hydrogens is 646 g/mol. The lowest BCUT2D eigenvalue weighted by Gasteiger charge is -2.36. The molecule has 0 radical (unpaired) electrons. The summed E-state index contributed by atoms with van der Waals surface area (Å²) in [4.78, 5) is 8.94. The molecule has 47 heavy (non-hydrogen) atoms. The van der Waals surface area contributed by atoms with E-state index in [1.54, 1.807) is 66.7 Å². The quantitative estimate of drug-likeness (QED) is 0.140. The molecule has 8 nitrogen and oxygen atoms in total. The smallest absolute Gasteiger partial charge is 0.179 e. The van der Waals surface area contributed by atoms with Crippen LogP contribution in [0.1, 0.15) is 24.5 Å². The SMILES string of the molecule is CC(NCCS(=O)(=O)c1ccccc1)C1(c2cc3c(Nc4ccc(OCc5cccc(F)c5)c(Cl)c4)ncnc3cc2F)CC=CO1. The molecule has 0 bridgehead atoms. The molecule has 1 aliphatic heterocycles. The van der Waals surface area contributed by atoms with Gasteiger partial charge in [0.15, 0.2) is 15.4 Å². The van der Waals surface area contributed by atoms with Crippen molar-refractivity contribution >= 4 is 43.8 Å². The zero-order chi connectivity index (χ0) is 33.0. The first-order valence-electron chi connectivity index (χ1n) is 14.9. The summed E-state index contributed by atoms with van der Waals surface area (Å²) >= 11 is 6.51. The van der Waals surface area contributed by atoms with E-state index in [0.717, 1.165) is 0 Å². The second-order valence-electron chi connectivity index (χ2n) is 11.2. The number of halogens is 3. The lowest BCUT2D eigenvalue weighted by molar-refractivity contribution is 0.00584. The van der Waals surface area contributed by atoms with Crippen molar-refractivity contribution in [3.05, 3.63) is 131 Å². The highest BCUT2D eigenvalue weighted by molar-refractivity contribution is 7.91. The summed E-state index contributed by atoms with van der Waals surface area (Å²) in [5, 5.41) is 7.36. The molecule has 1 aromatic heterocycles. The second-order valence-corrected chi connectivity index (χ2v) is 13.7. The van der Waals surface area contributed by atoms with E-state index >= 15 is 4.39 Å². The van der Waals surface area contributed by atoms with Gasteiger partial charge in [0.1, 0.15) is 36.1 Å². The Morgan fingerprint density at radius 2 is 1.85 bits per heavy atom. The van der Waals surface area contributed by atoms with Crippen molar-refractivity contribution in [3.8, 4) is 5.75 Å². The summed E-state index contributed by atoms with van der Waals surface area (Å²) in [6, 6.07) is 22.0. The Bertz CT molecular complexity index is 2040. The van der Waals surface area contributed by atoms with Gasteiger partial charge in [-0.1, -0.05) is 41.9 Å². The summed E-state index contributed by atoms with van der Waals surface area (Å²) in [6.07, 6.45) is 5.03. The fraction of sp³-hybridized carbons (Fsp3) is 0.200. The van der Waals surface area contributed by atoms with E-state index in [2.05, 4.69) is 20.6 Å². The summed E-state index contributed by atoms with van der Waals surface area (Å²) in [7, 11) is -3.51. The number of sulfone groups is 1. The Balaban J connectivity index is 1.22. The fourth-order valence-electron chi connectivity index (χ4n) is 5.57. The lowest BCUT2D eigenvalue weighted by Crippen LogP contribution is -2.48. The number of anilines is 2. The molecule has 6 rings (SSSR count). The summed E-state index contributed by atoms with van der Waals surface area (Å²) < 4.78 is 66.9. The molecule has 4 aromatic carbocycles. The summed E-state index contributed by atoms with van der Waals surface area (Å²) in [6.45, 7) is 2.12. The van der Waals surface area contributed by atoms with Crippen LogP contribution in [0, 0.1) is 11.6 Å². The van der Waals surface area contributed by atoms with E-state index in [1.807, 2.05) is 13.0 Å². The molecule has 0 saturated carbocycles. The van der Waals surface area contributed by atoms with Gasteiger partial charge in [0.2, 0.25) is 0 Å². The highest BCUT2D eigenvalue weighted by Gasteiger charge is 2.43. The third-order valence-electron chi connectivity index (χ3n) is 8.08. The zero-order valence-corrected chi connectivity index (χ0v) is 26.9. The number of nitrogens with one attached hydrogen (secondary N) is 2. The first-order chi connectivity index (χ1) is 22.6. The molecule has 0 amide bonds. The number of nitrogens with zero attached hydrogens (tertiary/aromatic N) is 2. The lowest BCUT2D eigenvalue weighted by atomic mass is 9.83. The van der Waals surface area contributed by atoms with Crippen molar-refractivity contribution in [2.24, 2.45) is 0 Å². The minimum Gasteiger partial charge on any atom is -0.488 e. The van der Waals surface area contributed by atoms with Gasteiger partial charge in [0, 0.05) is 41.7 Å². The molecule has 2 N–H and O–H groups in total. The molecule has 2 heterocycles. The Morgan fingerprint density at radius 3 is 2.60 bits per heavy atom. The van der Waals surface area contributed by atoms with Gasteiger partial charge in [0.25, 0.3) is 0 Å². The highest BCUT2D eigenvalue weighted by Crippen LogP contribution is 2.41. The topological polar surface area (TPSA) is 102 Å². The highest BCUT2D eigenvalue weighted by atomic mass is 35.5. The molecule has 0 spiro atoms. The van der Waals surface area contributed by atoms with Gasteiger partial charge in [0.05, 0.1) is 27.4 Å². The Kier molecular flexibility index (Phi) is 9.40. The molecular formula is C35H31ClF2N4O4S. The van der Waals surface area contributed by atoms with Gasteiger partial charge in [-0.05, 0) is 67.1 Å². The Hall–Kier alpha value is -4.58. The minimum absolute atomic E-state index is 0.135. The van der Waals surface area contributed by atoms with Crippen LogP contribution in [-0.2, 0) is 26.8 Å². The second kappa shape index (κ2) is 13.6. The summed E-state index contributed by atoms with van der Waals surface area (Å²) in [5.74, 6) is -0.164. The molecule has 0 aliphatic carbocycles. The van der Waals surface area contributed by atoms with Gasteiger partial charge in [-0.15, -0.1) is 0 Å². The van der Waals surface area contributed by atoms with Crippen molar-refractivity contribution in [3.63, 3.8) is 0 Å². The van der Waals surface area contributed by atoms with E-state index in [9.17, 15) is 12.8 Å². The van der Waals surface area contributed by atoms with Crippen LogP contribution in [0.4, 0.5) is 20.3 Å².